The molecule has 0 saturated carbocycles. The smallest absolute Gasteiger partial charge is 0.289 e. The van der Waals surface area contributed by atoms with Crippen molar-refractivity contribution in [2.24, 2.45) is 0 Å². The number of carbonyl (C=O) groups excluding carboxylic acids is 1. The SMILES string of the molecule is COc1ccc(C2CCN(C(=O)c3cc(=O)c4ccccc4o3)C2)cc1. The number of hydrogen-bond acceptors (Lipinski definition) is 4. The zero-order chi connectivity index (χ0) is 18.1. The number of benzene rings is 2. The van der Waals surface area contributed by atoms with Crippen molar-refractivity contribution in [3.8, 4) is 5.75 Å². The van der Waals surface area contributed by atoms with Crippen molar-refractivity contribution in [2.45, 2.75) is 12.3 Å². The van der Waals surface area contributed by atoms with E-state index in [-0.39, 0.29) is 23.0 Å². The molecule has 0 N–H and O–H groups in total. The third-order valence-electron chi connectivity index (χ3n) is 4.91. The normalized spacial score (nSPS) is 16.8. The van der Waals surface area contributed by atoms with Crippen LogP contribution in [0, 0.1) is 0 Å². The molecule has 1 aromatic heterocycles. The van der Waals surface area contributed by atoms with Gasteiger partial charge in [0.2, 0.25) is 0 Å². The van der Waals surface area contributed by atoms with Gasteiger partial charge >= 0.3 is 0 Å². The van der Waals surface area contributed by atoms with Crippen molar-refractivity contribution in [1.82, 2.24) is 4.90 Å². The van der Waals surface area contributed by atoms with Gasteiger partial charge in [-0.25, -0.2) is 0 Å². The summed E-state index contributed by atoms with van der Waals surface area (Å²) in [6.45, 7) is 1.26. The lowest BCUT2D eigenvalue weighted by atomic mass is 9.98. The Bertz CT molecular complexity index is 1010. The third-order valence-corrected chi connectivity index (χ3v) is 4.91. The van der Waals surface area contributed by atoms with E-state index in [9.17, 15) is 9.59 Å². The number of nitrogens with zero attached hydrogens (tertiary/aromatic N) is 1. The zero-order valence-electron chi connectivity index (χ0n) is 14.5. The molecule has 1 unspecified atom stereocenters. The standard InChI is InChI=1S/C21H19NO4/c1-25-16-8-6-14(7-9-16)15-10-11-22(13-15)21(24)20-12-18(23)17-4-2-3-5-19(17)26-20/h2-9,12,15H,10-11,13H2,1H3. The van der Waals surface area contributed by atoms with E-state index >= 15 is 0 Å². The molecule has 1 fully saturated rings. The monoisotopic (exact) mass is 349 g/mol. The van der Waals surface area contributed by atoms with Crippen molar-refractivity contribution in [2.75, 3.05) is 20.2 Å². The lowest BCUT2D eigenvalue weighted by Crippen LogP contribution is -2.29. The van der Waals surface area contributed by atoms with Crippen molar-refractivity contribution >= 4 is 16.9 Å². The van der Waals surface area contributed by atoms with Gasteiger partial charge in [-0.1, -0.05) is 24.3 Å². The Morgan fingerprint density at radius 3 is 2.69 bits per heavy atom. The second-order valence-electron chi connectivity index (χ2n) is 6.48. The van der Waals surface area contributed by atoms with Crippen LogP contribution in [0.25, 0.3) is 11.0 Å². The number of carbonyl (C=O) groups is 1. The Morgan fingerprint density at radius 2 is 1.92 bits per heavy atom. The van der Waals surface area contributed by atoms with E-state index in [0.717, 1.165) is 12.2 Å². The number of rotatable bonds is 3. The Hall–Kier alpha value is -3.08. The third kappa shape index (κ3) is 2.96. The quantitative estimate of drug-likeness (QED) is 0.727. The van der Waals surface area contributed by atoms with Crippen LogP contribution in [0.1, 0.15) is 28.5 Å². The highest BCUT2D eigenvalue weighted by atomic mass is 16.5. The fourth-order valence-corrected chi connectivity index (χ4v) is 3.46. The maximum Gasteiger partial charge on any atom is 0.289 e. The van der Waals surface area contributed by atoms with E-state index in [1.807, 2.05) is 24.3 Å². The second kappa shape index (κ2) is 6.67. The van der Waals surface area contributed by atoms with Crippen LogP contribution in [0.15, 0.2) is 63.8 Å². The highest BCUT2D eigenvalue weighted by Crippen LogP contribution is 2.29. The van der Waals surface area contributed by atoms with Crippen LogP contribution in [0.4, 0.5) is 0 Å². The summed E-state index contributed by atoms with van der Waals surface area (Å²) in [4.78, 5) is 26.8. The summed E-state index contributed by atoms with van der Waals surface area (Å²) in [6, 6.07) is 16.2. The minimum Gasteiger partial charge on any atom is -0.497 e. The van der Waals surface area contributed by atoms with E-state index in [1.54, 1.807) is 36.3 Å². The fourth-order valence-electron chi connectivity index (χ4n) is 3.46. The Labute approximate surface area is 150 Å². The van der Waals surface area contributed by atoms with Crippen LogP contribution in [0.3, 0.4) is 0 Å². The predicted molar refractivity (Wildman–Crippen MR) is 98.7 cm³/mol. The number of ether oxygens (including phenoxy) is 1. The number of amides is 1. The summed E-state index contributed by atoms with van der Waals surface area (Å²) in [5, 5.41) is 0.488. The lowest BCUT2D eigenvalue weighted by Gasteiger charge is -2.16. The molecule has 3 aromatic rings. The van der Waals surface area contributed by atoms with E-state index < -0.39 is 0 Å². The van der Waals surface area contributed by atoms with Gasteiger partial charge in [0.05, 0.1) is 12.5 Å². The molecule has 0 bridgehead atoms. The summed E-state index contributed by atoms with van der Waals surface area (Å²) in [7, 11) is 1.64. The van der Waals surface area contributed by atoms with E-state index in [4.69, 9.17) is 9.15 Å². The van der Waals surface area contributed by atoms with Gasteiger partial charge in [-0.15, -0.1) is 0 Å². The van der Waals surface area contributed by atoms with Crippen LogP contribution in [-0.2, 0) is 0 Å². The summed E-state index contributed by atoms with van der Waals surface area (Å²) < 4.78 is 10.9. The molecule has 1 aliphatic heterocycles. The average Bonchev–Trinajstić information content (AvgIpc) is 3.17. The van der Waals surface area contributed by atoms with Gasteiger partial charge in [0.15, 0.2) is 11.2 Å². The first-order chi connectivity index (χ1) is 12.7. The van der Waals surface area contributed by atoms with Gasteiger partial charge in [0.25, 0.3) is 5.91 Å². The molecule has 1 atom stereocenters. The van der Waals surface area contributed by atoms with Gasteiger partial charge in [0.1, 0.15) is 11.3 Å². The predicted octanol–water partition coefficient (Wildman–Crippen LogP) is 3.43. The summed E-state index contributed by atoms with van der Waals surface area (Å²) in [5.74, 6) is 0.961. The molecule has 1 aliphatic rings. The highest BCUT2D eigenvalue weighted by molar-refractivity contribution is 5.93. The van der Waals surface area contributed by atoms with Crippen LogP contribution in [0.2, 0.25) is 0 Å². The van der Waals surface area contributed by atoms with E-state index in [1.165, 1.54) is 11.6 Å². The van der Waals surface area contributed by atoms with Gasteiger partial charge in [-0.2, -0.15) is 0 Å². The van der Waals surface area contributed by atoms with E-state index in [2.05, 4.69) is 0 Å². The maximum absolute atomic E-state index is 12.8. The molecule has 26 heavy (non-hydrogen) atoms. The first-order valence-corrected chi connectivity index (χ1v) is 8.62. The molecule has 0 spiro atoms. The molecular formula is C21H19NO4. The van der Waals surface area contributed by atoms with Gasteiger partial charge in [-0.3, -0.25) is 9.59 Å². The van der Waals surface area contributed by atoms with Crippen LogP contribution >= 0.6 is 0 Å². The van der Waals surface area contributed by atoms with Crippen molar-refractivity contribution < 1.29 is 13.9 Å². The van der Waals surface area contributed by atoms with Crippen LogP contribution in [0.5, 0.6) is 5.75 Å². The Morgan fingerprint density at radius 1 is 1.15 bits per heavy atom. The molecule has 5 heteroatoms. The van der Waals surface area contributed by atoms with Crippen LogP contribution in [-0.4, -0.2) is 31.0 Å². The number of likely N-dealkylation sites (tertiary alicyclic amines) is 1. The number of fused-ring (bicyclic) bond motifs is 1. The molecule has 2 aromatic carbocycles. The molecule has 1 saturated heterocycles. The topological polar surface area (TPSA) is 59.8 Å². The number of para-hydroxylation sites is 1. The number of methoxy groups -OCH3 is 1. The number of hydrogen-bond donors (Lipinski definition) is 0. The van der Waals surface area contributed by atoms with Crippen molar-refractivity contribution in [3.63, 3.8) is 0 Å². The summed E-state index contributed by atoms with van der Waals surface area (Å²) in [5.41, 5.74) is 1.43. The van der Waals surface area contributed by atoms with Crippen molar-refractivity contribution in [1.29, 1.82) is 0 Å². The molecule has 5 nitrogen and oxygen atoms in total. The molecular weight excluding hydrogens is 330 g/mol. The van der Waals surface area contributed by atoms with Gasteiger partial charge < -0.3 is 14.1 Å². The Balaban J connectivity index is 1.55. The molecule has 0 radical (unpaired) electrons. The largest absolute Gasteiger partial charge is 0.497 e. The zero-order valence-corrected chi connectivity index (χ0v) is 14.5. The molecule has 4 rings (SSSR count). The maximum atomic E-state index is 12.8. The average molecular weight is 349 g/mol. The second-order valence-corrected chi connectivity index (χ2v) is 6.48. The molecule has 0 aliphatic carbocycles. The minimum atomic E-state index is -0.233. The highest BCUT2D eigenvalue weighted by Gasteiger charge is 2.29. The minimum absolute atomic E-state index is 0.101. The van der Waals surface area contributed by atoms with Gasteiger partial charge in [0, 0.05) is 25.1 Å². The lowest BCUT2D eigenvalue weighted by molar-refractivity contribution is 0.0760. The van der Waals surface area contributed by atoms with E-state index in [0.29, 0.717) is 24.1 Å². The summed E-state index contributed by atoms with van der Waals surface area (Å²) >= 11 is 0. The summed E-state index contributed by atoms with van der Waals surface area (Å²) in [6.07, 6.45) is 0.885. The van der Waals surface area contributed by atoms with Crippen molar-refractivity contribution in [3.05, 3.63) is 76.1 Å². The first kappa shape index (κ1) is 16.4. The molecule has 1 amide bonds. The fraction of sp³-hybridized carbons (Fsp3) is 0.238. The molecule has 2 heterocycles. The molecule has 132 valence electrons. The van der Waals surface area contributed by atoms with Gasteiger partial charge in [-0.05, 0) is 36.2 Å². The van der Waals surface area contributed by atoms with Crippen LogP contribution < -0.4 is 10.2 Å². The Kier molecular flexibility index (Phi) is 4.21. The first-order valence-electron chi connectivity index (χ1n) is 8.62.